The van der Waals surface area contributed by atoms with E-state index in [-0.39, 0.29) is 22.8 Å². The zero-order valence-electron chi connectivity index (χ0n) is 24.9. The van der Waals surface area contributed by atoms with E-state index >= 15 is 0 Å². The van der Waals surface area contributed by atoms with Gasteiger partial charge in [0.15, 0.2) is 0 Å². The quantitative estimate of drug-likeness (QED) is 0.327. The molecule has 3 fully saturated rings. The number of hydrogen-bond acceptors (Lipinski definition) is 10. The van der Waals surface area contributed by atoms with Crippen LogP contribution in [0, 0.1) is 17.2 Å². The zero-order chi connectivity index (χ0) is 30.9. The summed E-state index contributed by atoms with van der Waals surface area (Å²) in [6, 6.07) is 19.1. The number of piperidine rings is 2. The Morgan fingerprint density at radius 1 is 1.11 bits per heavy atom. The second kappa shape index (κ2) is 12.3. The summed E-state index contributed by atoms with van der Waals surface area (Å²) in [6.45, 7) is 3.05. The number of carbonyl (C=O) groups is 1. The highest BCUT2D eigenvalue weighted by Crippen LogP contribution is 2.40. The topological polar surface area (TPSA) is 147 Å². The lowest BCUT2D eigenvalue weighted by Crippen LogP contribution is -2.62. The van der Waals surface area contributed by atoms with Crippen LogP contribution in [-0.4, -0.2) is 85.2 Å². The van der Waals surface area contributed by atoms with Crippen LogP contribution in [0.15, 0.2) is 70.3 Å². The number of anilines is 1. The van der Waals surface area contributed by atoms with Gasteiger partial charge >= 0.3 is 0 Å². The van der Waals surface area contributed by atoms with Gasteiger partial charge in [-0.2, -0.15) is 5.26 Å². The summed E-state index contributed by atoms with van der Waals surface area (Å²) in [4.78, 5) is 15.8. The van der Waals surface area contributed by atoms with Crippen molar-refractivity contribution in [2.75, 3.05) is 39.0 Å². The molecule has 3 aliphatic rings. The molecule has 3 atom stereocenters. The number of nitrogens with zero attached hydrogens (tertiary/aromatic N) is 5. The van der Waals surface area contributed by atoms with E-state index in [1.165, 1.54) is 24.0 Å². The molecule has 2 aromatic carbocycles. The molecule has 232 valence electrons. The Labute approximate surface area is 258 Å². The number of carbonyl (C=O) groups excluding carboxylic acids is 1. The van der Waals surface area contributed by atoms with Crippen molar-refractivity contribution in [2.24, 2.45) is 5.92 Å². The summed E-state index contributed by atoms with van der Waals surface area (Å²) in [5.74, 6) is -0.398. The Morgan fingerprint density at radius 2 is 1.84 bits per heavy atom. The van der Waals surface area contributed by atoms with E-state index in [0.29, 0.717) is 18.7 Å². The molecule has 3 aliphatic heterocycles. The van der Waals surface area contributed by atoms with Crippen LogP contribution in [0.4, 0.5) is 5.69 Å². The number of likely N-dealkylation sites (tertiary alicyclic amines) is 1. The lowest BCUT2D eigenvalue weighted by Gasteiger charge is -2.49. The van der Waals surface area contributed by atoms with Gasteiger partial charge in [0.2, 0.25) is 15.9 Å². The summed E-state index contributed by atoms with van der Waals surface area (Å²) in [5.41, 5.74) is 6.93. The standard InChI is InChI=1S/C31H38N8O4S/c1-37(2)44(41,42)25-9-7-24(8-10-25)34-29-28-27(11-17-33-30(28)40)39(35-29)31(13-16-32)14-18-38(19-15-31)21-22-3-5-23(6-4-22)26-12-20-43-36-26/h3-10,12,20,27-29,34-35H,11,13-15,17-19,21H2,1-2H3,(H,33,40). The Hall–Kier alpha value is -3.80. The number of nitrogens with one attached hydrogen (secondary N) is 3. The number of nitriles is 1. The number of benzene rings is 2. The predicted octanol–water partition coefficient (Wildman–Crippen LogP) is 2.60. The molecule has 3 saturated heterocycles. The fourth-order valence-electron chi connectivity index (χ4n) is 6.71. The molecule has 0 bridgehead atoms. The maximum atomic E-state index is 13.2. The van der Waals surface area contributed by atoms with Gasteiger partial charge in [-0.25, -0.2) is 23.2 Å². The molecule has 0 aliphatic carbocycles. The van der Waals surface area contributed by atoms with Crippen LogP contribution >= 0.6 is 0 Å². The first-order valence-electron chi connectivity index (χ1n) is 14.9. The van der Waals surface area contributed by atoms with E-state index in [1.54, 1.807) is 30.5 Å². The molecule has 6 rings (SSSR count). The minimum Gasteiger partial charge on any atom is -0.368 e. The van der Waals surface area contributed by atoms with Crippen LogP contribution in [0.3, 0.4) is 0 Å². The van der Waals surface area contributed by atoms with Crippen molar-refractivity contribution in [3.8, 4) is 17.3 Å². The monoisotopic (exact) mass is 618 g/mol. The summed E-state index contributed by atoms with van der Waals surface area (Å²) >= 11 is 0. The number of amides is 1. The van der Waals surface area contributed by atoms with Crippen molar-refractivity contribution in [1.82, 2.24) is 30.1 Å². The smallest absolute Gasteiger partial charge is 0.242 e. The molecule has 3 unspecified atom stereocenters. The highest BCUT2D eigenvalue weighted by Gasteiger charge is 2.54. The molecule has 3 N–H and O–H groups in total. The summed E-state index contributed by atoms with van der Waals surface area (Å²) in [6.07, 6.45) is 3.87. The average molecular weight is 619 g/mol. The Bertz CT molecular complexity index is 1600. The first-order chi connectivity index (χ1) is 21.2. The van der Waals surface area contributed by atoms with Gasteiger partial charge < -0.3 is 15.2 Å². The molecule has 13 heteroatoms. The lowest BCUT2D eigenvalue weighted by molar-refractivity contribution is -0.128. The number of hydrogen-bond donors (Lipinski definition) is 3. The van der Waals surface area contributed by atoms with Crippen LogP contribution in [0.2, 0.25) is 0 Å². The normalized spacial score (nSPS) is 24.0. The third-order valence-corrected chi connectivity index (χ3v) is 11.0. The van der Waals surface area contributed by atoms with Crippen molar-refractivity contribution in [1.29, 1.82) is 5.26 Å². The average Bonchev–Trinajstić information content (AvgIpc) is 3.69. The van der Waals surface area contributed by atoms with Gasteiger partial charge in [0.25, 0.3) is 0 Å². The number of hydrazine groups is 1. The fraction of sp³-hybridized carbons (Fsp3) is 0.452. The molecule has 0 radical (unpaired) electrons. The van der Waals surface area contributed by atoms with Gasteiger partial charge in [0.05, 0.1) is 28.8 Å². The van der Waals surface area contributed by atoms with Crippen molar-refractivity contribution in [3.63, 3.8) is 0 Å². The van der Waals surface area contributed by atoms with E-state index in [9.17, 15) is 18.5 Å². The molecule has 44 heavy (non-hydrogen) atoms. The largest absolute Gasteiger partial charge is 0.368 e. The highest BCUT2D eigenvalue weighted by atomic mass is 32.2. The SMILES string of the molecule is CN(C)S(=O)(=O)c1ccc(NC2NN(C3(CC#N)CCN(Cc4ccc(-c5ccon5)cc4)CC3)C3CCNC(=O)C23)cc1. The van der Waals surface area contributed by atoms with E-state index in [2.05, 4.69) is 61.5 Å². The molecule has 1 amide bonds. The van der Waals surface area contributed by atoms with Crippen LogP contribution in [0.25, 0.3) is 11.3 Å². The van der Waals surface area contributed by atoms with Gasteiger partial charge in [0.1, 0.15) is 18.1 Å². The van der Waals surface area contributed by atoms with Crippen LogP contribution in [-0.2, 0) is 21.4 Å². The number of sulfonamides is 1. The van der Waals surface area contributed by atoms with Gasteiger partial charge in [-0.15, -0.1) is 0 Å². The summed E-state index contributed by atoms with van der Waals surface area (Å²) < 4.78 is 31.2. The molecular formula is C31H38N8O4S. The lowest BCUT2D eigenvalue weighted by atomic mass is 9.81. The molecule has 1 aromatic heterocycles. The van der Waals surface area contributed by atoms with Gasteiger partial charge in [-0.05, 0) is 49.1 Å². The minimum absolute atomic E-state index is 0.0285. The first-order valence-corrected chi connectivity index (χ1v) is 16.4. The second-order valence-electron chi connectivity index (χ2n) is 12.0. The highest BCUT2D eigenvalue weighted by molar-refractivity contribution is 7.89. The maximum absolute atomic E-state index is 13.2. The van der Waals surface area contributed by atoms with E-state index < -0.39 is 21.7 Å². The van der Waals surface area contributed by atoms with Crippen molar-refractivity contribution in [3.05, 3.63) is 66.4 Å². The van der Waals surface area contributed by atoms with Crippen molar-refractivity contribution >= 4 is 21.6 Å². The molecule has 3 aromatic rings. The summed E-state index contributed by atoms with van der Waals surface area (Å²) in [7, 11) is -0.545. The van der Waals surface area contributed by atoms with Gasteiger partial charge in [0, 0.05) is 63.6 Å². The Balaban J connectivity index is 1.16. The van der Waals surface area contributed by atoms with E-state index in [0.717, 1.165) is 50.2 Å². The zero-order valence-corrected chi connectivity index (χ0v) is 25.8. The second-order valence-corrected chi connectivity index (χ2v) is 14.2. The number of fused-ring (bicyclic) bond motifs is 1. The van der Waals surface area contributed by atoms with E-state index in [1.807, 2.05) is 6.07 Å². The minimum atomic E-state index is -3.55. The van der Waals surface area contributed by atoms with Gasteiger partial charge in [-0.3, -0.25) is 9.69 Å². The predicted molar refractivity (Wildman–Crippen MR) is 164 cm³/mol. The molecule has 12 nitrogen and oxygen atoms in total. The third kappa shape index (κ3) is 5.83. The molecule has 0 saturated carbocycles. The molecule has 0 spiro atoms. The van der Waals surface area contributed by atoms with Gasteiger partial charge in [-0.1, -0.05) is 29.4 Å². The molecular weight excluding hydrogens is 580 g/mol. The Morgan fingerprint density at radius 3 is 2.48 bits per heavy atom. The van der Waals surface area contributed by atoms with Crippen LogP contribution in [0.5, 0.6) is 0 Å². The van der Waals surface area contributed by atoms with Crippen molar-refractivity contribution in [2.45, 2.75) is 54.9 Å². The summed E-state index contributed by atoms with van der Waals surface area (Å²) in [5, 5.41) is 22.6. The number of rotatable bonds is 9. The van der Waals surface area contributed by atoms with Crippen molar-refractivity contribution < 1.29 is 17.7 Å². The number of aromatic nitrogens is 1. The maximum Gasteiger partial charge on any atom is 0.242 e. The molecule has 4 heterocycles. The Kier molecular flexibility index (Phi) is 8.45. The van der Waals surface area contributed by atoms with E-state index in [4.69, 9.17) is 4.52 Å². The first kappa shape index (κ1) is 30.2. The third-order valence-electron chi connectivity index (χ3n) is 9.18. The van der Waals surface area contributed by atoms with Crippen LogP contribution in [0.1, 0.15) is 31.2 Å². The fourth-order valence-corrected chi connectivity index (χ4v) is 7.61. The van der Waals surface area contributed by atoms with Crippen LogP contribution < -0.4 is 16.1 Å².